The van der Waals surface area contributed by atoms with Crippen LogP contribution in [0.15, 0.2) is 42.5 Å². The van der Waals surface area contributed by atoms with Crippen LogP contribution in [0.3, 0.4) is 0 Å². The minimum Gasteiger partial charge on any atom is -0.493 e. The molecule has 31 heavy (non-hydrogen) atoms. The second kappa shape index (κ2) is 10.5. The van der Waals surface area contributed by atoms with E-state index < -0.39 is 6.10 Å². The Labute approximate surface area is 184 Å². The van der Waals surface area contributed by atoms with Crippen molar-refractivity contribution in [2.24, 2.45) is 0 Å². The molecular weight excluding hydrogens is 394 g/mol. The molecule has 3 atom stereocenters. The number of ether oxygens (including phenoxy) is 4. The van der Waals surface area contributed by atoms with Gasteiger partial charge in [-0.15, -0.1) is 0 Å². The van der Waals surface area contributed by atoms with Crippen LogP contribution in [-0.4, -0.2) is 69.3 Å². The molecule has 2 aliphatic heterocycles. The first-order valence-corrected chi connectivity index (χ1v) is 11.1. The molecule has 2 aliphatic rings. The predicted molar refractivity (Wildman–Crippen MR) is 119 cm³/mol. The summed E-state index contributed by atoms with van der Waals surface area (Å²) < 4.78 is 22.5. The van der Waals surface area contributed by atoms with Gasteiger partial charge in [-0.1, -0.05) is 30.3 Å². The molecule has 3 unspecified atom stereocenters. The first-order chi connectivity index (χ1) is 15.2. The van der Waals surface area contributed by atoms with E-state index in [2.05, 4.69) is 41.3 Å². The van der Waals surface area contributed by atoms with Crippen molar-refractivity contribution in [2.75, 3.05) is 47.1 Å². The zero-order valence-corrected chi connectivity index (χ0v) is 18.5. The standard InChI is InChI=1S/C25H33NO5/c1-28-23-13-19-10-11-26(15-20(27)16-30-17-21-9-6-12-31-21)25(18-7-4-3-5-8-18)22(19)14-24(23)29-2/h3-5,7-8,13-14,20-21,25,27H,6,9-12,15-17H2,1-2H3. The Bertz CT molecular complexity index is 837. The third-order valence-electron chi connectivity index (χ3n) is 6.17. The average Bonchev–Trinajstić information content (AvgIpc) is 3.32. The van der Waals surface area contributed by atoms with E-state index in [0.29, 0.717) is 19.8 Å². The number of hydrogen-bond donors (Lipinski definition) is 1. The average molecular weight is 428 g/mol. The molecule has 4 rings (SSSR count). The molecule has 1 fully saturated rings. The number of aliphatic hydroxyl groups excluding tert-OH is 1. The lowest BCUT2D eigenvalue weighted by molar-refractivity contribution is -0.0279. The fraction of sp³-hybridized carbons (Fsp3) is 0.520. The van der Waals surface area contributed by atoms with Crippen molar-refractivity contribution in [1.82, 2.24) is 4.90 Å². The van der Waals surface area contributed by atoms with Crippen molar-refractivity contribution < 1.29 is 24.1 Å². The highest BCUT2D eigenvalue weighted by atomic mass is 16.5. The van der Waals surface area contributed by atoms with Gasteiger partial charge in [-0.05, 0) is 48.1 Å². The molecule has 0 aliphatic carbocycles. The molecule has 2 heterocycles. The summed E-state index contributed by atoms with van der Waals surface area (Å²) in [5.74, 6) is 1.48. The molecule has 1 N–H and O–H groups in total. The smallest absolute Gasteiger partial charge is 0.161 e. The molecule has 0 radical (unpaired) electrons. The molecule has 0 spiro atoms. The highest BCUT2D eigenvalue weighted by molar-refractivity contribution is 5.51. The lowest BCUT2D eigenvalue weighted by Gasteiger charge is -2.39. The summed E-state index contributed by atoms with van der Waals surface area (Å²) >= 11 is 0. The van der Waals surface area contributed by atoms with Crippen LogP contribution in [0, 0.1) is 0 Å². The lowest BCUT2D eigenvalue weighted by Crippen LogP contribution is -2.42. The van der Waals surface area contributed by atoms with Gasteiger partial charge in [0.15, 0.2) is 11.5 Å². The second-order valence-electron chi connectivity index (χ2n) is 8.29. The van der Waals surface area contributed by atoms with Crippen LogP contribution >= 0.6 is 0 Å². The molecule has 6 nitrogen and oxygen atoms in total. The minimum atomic E-state index is -0.561. The molecule has 168 valence electrons. The van der Waals surface area contributed by atoms with Crippen LogP contribution in [-0.2, 0) is 15.9 Å². The summed E-state index contributed by atoms with van der Waals surface area (Å²) in [5.41, 5.74) is 3.65. The van der Waals surface area contributed by atoms with Gasteiger partial charge < -0.3 is 24.1 Å². The molecular formula is C25H33NO5. The quantitative estimate of drug-likeness (QED) is 0.663. The van der Waals surface area contributed by atoms with E-state index in [4.69, 9.17) is 18.9 Å². The summed E-state index contributed by atoms with van der Waals surface area (Å²) in [6.45, 7) is 3.08. The molecule has 0 aromatic heterocycles. The molecule has 2 aromatic carbocycles. The maximum absolute atomic E-state index is 10.7. The third-order valence-corrected chi connectivity index (χ3v) is 6.17. The van der Waals surface area contributed by atoms with Crippen LogP contribution < -0.4 is 9.47 Å². The summed E-state index contributed by atoms with van der Waals surface area (Å²) in [6, 6.07) is 14.6. The van der Waals surface area contributed by atoms with Crippen LogP contribution in [0.25, 0.3) is 0 Å². The normalized spacial score (nSPS) is 22.2. The van der Waals surface area contributed by atoms with E-state index in [9.17, 15) is 5.11 Å². The summed E-state index contributed by atoms with van der Waals surface area (Å²) in [7, 11) is 3.33. The van der Waals surface area contributed by atoms with E-state index in [1.54, 1.807) is 14.2 Å². The molecule has 0 saturated carbocycles. The van der Waals surface area contributed by atoms with E-state index >= 15 is 0 Å². The highest BCUT2D eigenvalue weighted by Crippen LogP contribution is 2.41. The number of hydrogen-bond acceptors (Lipinski definition) is 6. The van der Waals surface area contributed by atoms with Crippen molar-refractivity contribution in [3.05, 3.63) is 59.2 Å². The van der Waals surface area contributed by atoms with E-state index in [1.165, 1.54) is 16.7 Å². The van der Waals surface area contributed by atoms with Gasteiger partial charge in [0.05, 0.1) is 45.7 Å². The fourth-order valence-corrected chi connectivity index (χ4v) is 4.65. The zero-order valence-electron chi connectivity index (χ0n) is 18.5. The van der Waals surface area contributed by atoms with Gasteiger partial charge >= 0.3 is 0 Å². The van der Waals surface area contributed by atoms with Gasteiger partial charge in [-0.3, -0.25) is 4.90 Å². The molecule has 6 heteroatoms. The van der Waals surface area contributed by atoms with Crippen LogP contribution in [0.2, 0.25) is 0 Å². The van der Waals surface area contributed by atoms with Crippen molar-refractivity contribution in [3.8, 4) is 11.5 Å². The van der Waals surface area contributed by atoms with Crippen molar-refractivity contribution in [2.45, 2.75) is 37.5 Å². The number of β-amino-alcohol motifs (C(OH)–C–C–N with tert-alkyl or cyclic N) is 1. The molecule has 1 saturated heterocycles. The summed E-state index contributed by atoms with van der Waals surface area (Å²) in [6.07, 6.45) is 2.64. The predicted octanol–water partition coefficient (Wildman–Crippen LogP) is 3.21. The SMILES string of the molecule is COc1cc2c(cc1OC)C(c1ccccc1)N(CC(O)COCC1CCCO1)CC2. The first kappa shape index (κ1) is 22.1. The topological polar surface area (TPSA) is 60.4 Å². The molecule has 0 amide bonds. The van der Waals surface area contributed by atoms with E-state index in [1.807, 2.05) is 6.07 Å². The summed E-state index contributed by atoms with van der Waals surface area (Å²) in [4.78, 5) is 2.34. The Morgan fingerprint density at radius 2 is 1.90 bits per heavy atom. The molecule has 0 bridgehead atoms. The molecule has 2 aromatic rings. The van der Waals surface area contributed by atoms with Crippen molar-refractivity contribution >= 4 is 0 Å². The Hall–Kier alpha value is -2.12. The minimum absolute atomic E-state index is 0.0394. The monoisotopic (exact) mass is 427 g/mol. The Kier molecular flexibility index (Phi) is 7.45. The first-order valence-electron chi connectivity index (χ1n) is 11.1. The lowest BCUT2D eigenvalue weighted by atomic mass is 9.87. The summed E-state index contributed by atoms with van der Waals surface area (Å²) in [5, 5.41) is 10.7. The van der Waals surface area contributed by atoms with Gasteiger partial charge in [0, 0.05) is 19.7 Å². The Morgan fingerprint density at radius 3 is 2.61 bits per heavy atom. The van der Waals surface area contributed by atoms with Gasteiger partial charge in [0.1, 0.15) is 0 Å². The highest BCUT2D eigenvalue weighted by Gasteiger charge is 2.31. The fourth-order valence-electron chi connectivity index (χ4n) is 4.65. The van der Waals surface area contributed by atoms with Gasteiger partial charge in [-0.2, -0.15) is 0 Å². The van der Waals surface area contributed by atoms with Gasteiger partial charge in [-0.25, -0.2) is 0 Å². The van der Waals surface area contributed by atoms with E-state index in [-0.39, 0.29) is 12.1 Å². The van der Waals surface area contributed by atoms with Crippen molar-refractivity contribution in [1.29, 1.82) is 0 Å². The zero-order chi connectivity index (χ0) is 21.6. The third kappa shape index (κ3) is 5.21. The van der Waals surface area contributed by atoms with E-state index in [0.717, 1.165) is 43.9 Å². The number of fused-ring (bicyclic) bond motifs is 1. The van der Waals surface area contributed by atoms with Crippen molar-refractivity contribution in [3.63, 3.8) is 0 Å². The number of benzene rings is 2. The van der Waals surface area contributed by atoms with Crippen LogP contribution in [0.4, 0.5) is 0 Å². The van der Waals surface area contributed by atoms with Crippen LogP contribution in [0.5, 0.6) is 11.5 Å². The maximum Gasteiger partial charge on any atom is 0.161 e. The number of nitrogens with zero attached hydrogens (tertiary/aromatic N) is 1. The van der Waals surface area contributed by atoms with Gasteiger partial charge in [0.25, 0.3) is 0 Å². The van der Waals surface area contributed by atoms with Gasteiger partial charge in [0.2, 0.25) is 0 Å². The number of rotatable bonds is 9. The van der Waals surface area contributed by atoms with Crippen LogP contribution in [0.1, 0.15) is 35.6 Å². The second-order valence-corrected chi connectivity index (χ2v) is 8.29. The number of methoxy groups -OCH3 is 2. The Morgan fingerprint density at radius 1 is 1.13 bits per heavy atom. The Balaban J connectivity index is 1.52. The maximum atomic E-state index is 10.7. The largest absolute Gasteiger partial charge is 0.493 e. The number of aliphatic hydroxyl groups is 1.